The van der Waals surface area contributed by atoms with E-state index in [1.54, 1.807) is 6.07 Å². The summed E-state index contributed by atoms with van der Waals surface area (Å²) in [5, 5.41) is 2.89. The zero-order valence-corrected chi connectivity index (χ0v) is 11.7. The van der Waals surface area contributed by atoms with E-state index in [2.05, 4.69) is 26.0 Å². The van der Waals surface area contributed by atoms with Gasteiger partial charge < -0.3 is 5.32 Å². The van der Waals surface area contributed by atoms with E-state index in [0.717, 1.165) is 0 Å². The van der Waals surface area contributed by atoms with Gasteiger partial charge in [-0.2, -0.15) is 0 Å². The first kappa shape index (κ1) is 14.4. The summed E-state index contributed by atoms with van der Waals surface area (Å²) in [6.45, 7) is 2.91. The molecule has 0 heterocycles. The molecule has 0 aliphatic rings. The second kappa shape index (κ2) is 6.32. The number of hydrogen-bond acceptors (Lipinski definition) is 3. The molecule has 0 bridgehead atoms. The standard InChI is InChI=1S/C10H14BrFN2O2S/c1-2-13-6-7-17(15,16)14-10-8(11)4-3-5-9(10)12/h3-5,13-14H,2,6-7H2,1H3. The van der Waals surface area contributed by atoms with Crippen molar-refractivity contribution in [1.82, 2.24) is 5.32 Å². The van der Waals surface area contributed by atoms with Crippen molar-refractivity contribution in [2.75, 3.05) is 23.6 Å². The minimum atomic E-state index is -3.53. The fourth-order valence-corrected chi connectivity index (χ4v) is 2.79. The van der Waals surface area contributed by atoms with Crippen molar-refractivity contribution in [2.24, 2.45) is 0 Å². The number of para-hydroxylation sites is 1. The minimum absolute atomic E-state index is 0.0519. The molecule has 0 aliphatic carbocycles. The molecule has 0 saturated carbocycles. The summed E-state index contributed by atoms with van der Waals surface area (Å²) >= 11 is 3.10. The van der Waals surface area contributed by atoms with Crippen molar-refractivity contribution >= 4 is 31.6 Å². The van der Waals surface area contributed by atoms with Crippen LogP contribution in [0, 0.1) is 5.82 Å². The highest BCUT2D eigenvalue weighted by Crippen LogP contribution is 2.25. The van der Waals surface area contributed by atoms with Gasteiger partial charge in [-0.25, -0.2) is 12.8 Å². The van der Waals surface area contributed by atoms with E-state index >= 15 is 0 Å². The van der Waals surface area contributed by atoms with Gasteiger partial charge in [0.15, 0.2) is 0 Å². The van der Waals surface area contributed by atoms with Crippen molar-refractivity contribution in [3.05, 3.63) is 28.5 Å². The van der Waals surface area contributed by atoms with E-state index in [0.29, 0.717) is 17.6 Å². The molecule has 0 atom stereocenters. The molecule has 17 heavy (non-hydrogen) atoms. The zero-order valence-electron chi connectivity index (χ0n) is 9.33. The van der Waals surface area contributed by atoms with E-state index in [-0.39, 0.29) is 11.4 Å². The monoisotopic (exact) mass is 324 g/mol. The summed E-state index contributed by atoms with van der Waals surface area (Å²) < 4.78 is 39.3. The fourth-order valence-electron chi connectivity index (χ4n) is 1.19. The van der Waals surface area contributed by atoms with E-state index in [1.165, 1.54) is 12.1 Å². The van der Waals surface area contributed by atoms with Gasteiger partial charge in [-0.1, -0.05) is 13.0 Å². The summed E-state index contributed by atoms with van der Waals surface area (Å²) in [5.74, 6) is -0.701. The Morgan fingerprint density at radius 1 is 1.41 bits per heavy atom. The van der Waals surface area contributed by atoms with Crippen LogP contribution >= 0.6 is 15.9 Å². The SMILES string of the molecule is CCNCCS(=O)(=O)Nc1c(F)cccc1Br. The van der Waals surface area contributed by atoms with E-state index < -0.39 is 15.8 Å². The predicted octanol–water partition coefficient (Wildman–Crippen LogP) is 1.94. The molecule has 2 N–H and O–H groups in total. The second-order valence-electron chi connectivity index (χ2n) is 3.37. The highest BCUT2D eigenvalue weighted by Gasteiger charge is 2.14. The number of sulfonamides is 1. The Morgan fingerprint density at radius 3 is 2.71 bits per heavy atom. The lowest BCUT2D eigenvalue weighted by atomic mass is 10.3. The molecule has 0 aliphatic heterocycles. The van der Waals surface area contributed by atoms with Crippen LogP contribution in [-0.2, 0) is 10.0 Å². The average Bonchev–Trinajstić information content (AvgIpc) is 2.24. The van der Waals surface area contributed by atoms with Crippen LogP contribution in [0.15, 0.2) is 22.7 Å². The summed E-state index contributed by atoms with van der Waals surface area (Å²) in [6, 6.07) is 4.27. The van der Waals surface area contributed by atoms with Crippen molar-refractivity contribution in [3.63, 3.8) is 0 Å². The zero-order chi connectivity index (χ0) is 12.9. The molecule has 0 aromatic heterocycles. The predicted molar refractivity (Wildman–Crippen MR) is 70.1 cm³/mol. The Morgan fingerprint density at radius 2 is 2.12 bits per heavy atom. The third-order valence-electron chi connectivity index (χ3n) is 2.02. The lowest BCUT2D eigenvalue weighted by Gasteiger charge is -2.10. The Labute approximate surface area is 109 Å². The van der Waals surface area contributed by atoms with Crippen molar-refractivity contribution < 1.29 is 12.8 Å². The summed E-state index contributed by atoms with van der Waals surface area (Å²) in [7, 11) is -3.53. The summed E-state index contributed by atoms with van der Waals surface area (Å²) in [6.07, 6.45) is 0. The smallest absolute Gasteiger partial charge is 0.234 e. The largest absolute Gasteiger partial charge is 0.316 e. The van der Waals surface area contributed by atoms with Crippen LogP contribution in [0.25, 0.3) is 0 Å². The molecular formula is C10H14BrFN2O2S. The third-order valence-corrected chi connectivity index (χ3v) is 3.94. The van der Waals surface area contributed by atoms with Crippen molar-refractivity contribution in [2.45, 2.75) is 6.92 Å². The number of benzene rings is 1. The van der Waals surface area contributed by atoms with Crippen LogP contribution in [0.2, 0.25) is 0 Å². The van der Waals surface area contributed by atoms with Crippen LogP contribution in [0.5, 0.6) is 0 Å². The second-order valence-corrected chi connectivity index (χ2v) is 6.07. The molecule has 1 aromatic rings. The number of anilines is 1. The normalized spacial score (nSPS) is 11.5. The average molecular weight is 325 g/mol. The maximum atomic E-state index is 13.4. The molecular weight excluding hydrogens is 311 g/mol. The molecule has 0 fully saturated rings. The molecule has 0 radical (unpaired) electrons. The number of nitrogens with one attached hydrogen (secondary N) is 2. The number of rotatable bonds is 6. The third kappa shape index (κ3) is 4.61. The number of hydrogen-bond donors (Lipinski definition) is 2. The van der Waals surface area contributed by atoms with Gasteiger partial charge >= 0.3 is 0 Å². The topological polar surface area (TPSA) is 58.2 Å². The van der Waals surface area contributed by atoms with Crippen LogP contribution < -0.4 is 10.0 Å². The van der Waals surface area contributed by atoms with Gasteiger partial charge in [-0.05, 0) is 34.6 Å². The Bertz CT molecular complexity index is 459. The van der Waals surface area contributed by atoms with E-state index in [1.807, 2.05) is 6.92 Å². The van der Waals surface area contributed by atoms with Crippen molar-refractivity contribution in [3.8, 4) is 0 Å². The first-order chi connectivity index (χ1) is 7.96. The maximum Gasteiger partial charge on any atom is 0.234 e. The summed E-state index contributed by atoms with van der Waals surface area (Å²) in [5.41, 5.74) is -0.0519. The Hall–Kier alpha value is -0.660. The summed E-state index contributed by atoms with van der Waals surface area (Å²) in [4.78, 5) is 0. The molecule has 7 heteroatoms. The van der Waals surface area contributed by atoms with Crippen LogP contribution in [0.4, 0.5) is 10.1 Å². The van der Waals surface area contributed by atoms with Gasteiger partial charge in [-0.3, -0.25) is 4.72 Å². The first-order valence-electron chi connectivity index (χ1n) is 5.11. The van der Waals surface area contributed by atoms with Gasteiger partial charge in [0.2, 0.25) is 10.0 Å². The molecule has 1 aromatic carbocycles. The lowest BCUT2D eigenvalue weighted by Crippen LogP contribution is -2.27. The quantitative estimate of drug-likeness (QED) is 0.786. The maximum absolute atomic E-state index is 13.4. The van der Waals surface area contributed by atoms with E-state index in [4.69, 9.17) is 0 Å². The molecule has 0 spiro atoms. The van der Waals surface area contributed by atoms with Gasteiger partial charge in [0, 0.05) is 11.0 Å². The van der Waals surface area contributed by atoms with Gasteiger partial charge in [0.05, 0.1) is 11.4 Å². The van der Waals surface area contributed by atoms with Gasteiger partial charge in [-0.15, -0.1) is 0 Å². The molecule has 1 rings (SSSR count). The van der Waals surface area contributed by atoms with Crippen LogP contribution in [-0.4, -0.2) is 27.3 Å². The highest BCUT2D eigenvalue weighted by atomic mass is 79.9. The van der Waals surface area contributed by atoms with Gasteiger partial charge in [0.1, 0.15) is 5.82 Å². The van der Waals surface area contributed by atoms with Crippen LogP contribution in [0.1, 0.15) is 6.92 Å². The Balaban J connectivity index is 2.76. The molecule has 4 nitrogen and oxygen atoms in total. The molecule has 0 amide bonds. The van der Waals surface area contributed by atoms with Crippen LogP contribution in [0.3, 0.4) is 0 Å². The molecule has 96 valence electrons. The molecule has 0 saturated heterocycles. The van der Waals surface area contributed by atoms with Crippen molar-refractivity contribution in [1.29, 1.82) is 0 Å². The Kier molecular flexibility index (Phi) is 5.35. The fraction of sp³-hybridized carbons (Fsp3) is 0.400. The van der Waals surface area contributed by atoms with E-state index in [9.17, 15) is 12.8 Å². The number of halogens is 2. The van der Waals surface area contributed by atoms with Gasteiger partial charge in [0.25, 0.3) is 0 Å². The highest BCUT2D eigenvalue weighted by molar-refractivity contribution is 9.10. The minimum Gasteiger partial charge on any atom is -0.316 e. The first-order valence-corrected chi connectivity index (χ1v) is 7.56. The molecule has 0 unspecified atom stereocenters. The lowest BCUT2D eigenvalue weighted by molar-refractivity contribution is 0.594.